The second-order valence-corrected chi connectivity index (χ2v) is 35.5. The van der Waals surface area contributed by atoms with Crippen LogP contribution in [-0.4, -0.2) is 96.7 Å². The van der Waals surface area contributed by atoms with Crippen LogP contribution in [0.15, 0.2) is 0 Å². The molecule has 3 N–H and O–H groups in total. The summed E-state index contributed by atoms with van der Waals surface area (Å²) in [5.74, 6) is 0.331. The molecule has 0 saturated carbocycles. The highest BCUT2D eigenvalue weighted by Crippen LogP contribution is 2.45. The molecule has 0 amide bonds. The standard InChI is InChI=1S/C88H172O17P2/c1-8-11-12-13-14-15-16-17-18-19-23-26-29-32-41-48-55-62-69-85(90)98-75-83(104-87(92)71-64-57-50-43-33-30-27-24-21-20-22-25-28-31-39-46-53-60-67-80(6)9-2)77-102-106(94,95)100-73-82(89)74-101-107(96,97)103-78-84(76-99-86(91)70-63-56-49-42-36-34-38-45-52-59-66-79(4)5)105-88(93)72-65-58-51-44-37-35-40-47-54-61-68-81(7)10-3/h79-84,89H,8-78H2,1-7H3,(H,94,95)(H,96,97)/t80?,81?,82-,83-,84-/m1/s1. The minimum atomic E-state index is -4.97. The fourth-order valence-corrected chi connectivity index (χ4v) is 15.2. The molecule has 0 bridgehead atoms. The number of phosphoric ester groups is 2. The lowest BCUT2D eigenvalue weighted by molar-refractivity contribution is -0.161. The summed E-state index contributed by atoms with van der Waals surface area (Å²) in [4.78, 5) is 73.3. The van der Waals surface area contributed by atoms with Crippen LogP contribution in [0.25, 0.3) is 0 Å². The Morgan fingerprint density at radius 3 is 0.710 bits per heavy atom. The van der Waals surface area contributed by atoms with Crippen LogP contribution in [0.4, 0.5) is 0 Å². The average molecular weight is 1560 g/mol. The highest BCUT2D eigenvalue weighted by Gasteiger charge is 2.31. The number of unbranched alkanes of at least 4 members (excludes halogenated alkanes) is 52. The van der Waals surface area contributed by atoms with Crippen LogP contribution in [0.1, 0.15) is 466 Å². The zero-order chi connectivity index (χ0) is 78.6. The second-order valence-electron chi connectivity index (χ2n) is 32.6. The predicted octanol–water partition coefficient (Wildman–Crippen LogP) is 26.9. The minimum Gasteiger partial charge on any atom is -0.462 e. The largest absolute Gasteiger partial charge is 0.472 e. The second kappa shape index (κ2) is 78.0. The highest BCUT2D eigenvalue weighted by atomic mass is 31.2. The maximum absolute atomic E-state index is 13.2. The van der Waals surface area contributed by atoms with Crippen molar-refractivity contribution in [3.8, 4) is 0 Å². The van der Waals surface area contributed by atoms with Crippen molar-refractivity contribution in [3.63, 3.8) is 0 Å². The topological polar surface area (TPSA) is 237 Å². The van der Waals surface area contributed by atoms with Crippen molar-refractivity contribution < 1.29 is 80.2 Å². The van der Waals surface area contributed by atoms with E-state index in [1.54, 1.807) is 0 Å². The third kappa shape index (κ3) is 79.1. The first-order valence-electron chi connectivity index (χ1n) is 45.4. The molecule has 0 rings (SSSR count). The molecule has 107 heavy (non-hydrogen) atoms. The number of aliphatic hydroxyl groups is 1. The fourth-order valence-electron chi connectivity index (χ4n) is 13.7. The predicted molar refractivity (Wildman–Crippen MR) is 441 cm³/mol. The van der Waals surface area contributed by atoms with Gasteiger partial charge in [-0.15, -0.1) is 0 Å². The van der Waals surface area contributed by atoms with E-state index in [2.05, 4.69) is 48.5 Å². The molecule has 0 spiro atoms. The summed E-state index contributed by atoms with van der Waals surface area (Å²) in [6.45, 7) is 12.1. The summed E-state index contributed by atoms with van der Waals surface area (Å²) >= 11 is 0. The Bertz CT molecular complexity index is 2060. The van der Waals surface area contributed by atoms with E-state index < -0.39 is 97.5 Å². The lowest BCUT2D eigenvalue weighted by atomic mass is 9.99. The van der Waals surface area contributed by atoms with Crippen molar-refractivity contribution in [1.29, 1.82) is 0 Å². The van der Waals surface area contributed by atoms with Gasteiger partial charge >= 0.3 is 39.5 Å². The number of phosphoric acid groups is 2. The molecule has 0 aliphatic heterocycles. The summed E-state index contributed by atoms with van der Waals surface area (Å²) < 4.78 is 69.0. The Morgan fingerprint density at radius 1 is 0.271 bits per heavy atom. The van der Waals surface area contributed by atoms with Gasteiger partial charge in [0, 0.05) is 25.7 Å². The fraction of sp³-hybridized carbons (Fsp3) is 0.955. The molecule has 4 unspecified atom stereocenters. The Hall–Kier alpha value is -1.94. The van der Waals surface area contributed by atoms with Crippen molar-refractivity contribution in [3.05, 3.63) is 0 Å². The molecule has 0 aliphatic carbocycles. The molecule has 19 heteroatoms. The van der Waals surface area contributed by atoms with E-state index in [0.717, 1.165) is 108 Å². The monoisotopic (exact) mass is 1560 g/mol. The number of aliphatic hydroxyl groups excluding tert-OH is 1. The zero-order valence-corrected chi connectivity index (χ0v) is 72.4. The maximum atomic E-state index is 13.2. The Kier molecular flexibility index (Phi) is 76.6. The van der Waals surface area contributed by atoms with Gasteiger partial charge in [0.1, 0.15) is 19.3 Å². The van der Waals surface area contributed by atoms with Crippen LogP contribution in [0.2, 0.25) is 0 Å². The van der Waals surface area contributed by atoms with Crippen molar-refractivity contribution in [2.45, 2.75) is 484 Å². The van der Waals surface area contributed by atoms with Crippen LogP contribution < -0.4 is 0 Å². The SMILES string of the molecule is CCCCCCCCCCCCCCCCCCCCC(=O)OC[C@H](COP(=O)(O)OC[C@@H](O)COP(=O)(O)OC[C@@H](COC(=O)CCCCCCCCCCCCC(C)C)OC(=O)CCCCCCCCCCCCC(C)CC)OC(=O)CCCCCCCCCCCCCCCCCCCCC(C)CC. The van der Waals surface area contributed by atoms with Gasteiger partial charge in [-0.2, -0.15) is 0 Å². The van der Waals surface area contributed by atoms with Gasteiger partial charge in [-0.25, -0.2) is 9.13 Å². The van der Waals surface area contributed by atoms with Crippen molar-refractivity contribution in [1.82, 2.24) is 0 Å². The first kappa shape index (κ1) is 105. The first-order chi connectivity index (χ1) is 51.8. The number of esters is 4. The summed E-state index contributed by atoms with van der Waals surface area (Å²) in [6.07, 6.45) is 69.3. The number of rotatable bonds is 86. The number of hydrogen-bond donors (Lipinski definition) is 3. The van der Waals surface area contributed by atoms with E-state index in [-0.39, 0.29) is 25.7 Å². The number of ether oxygens (including phenoxy) is 4. The molecule has 0 saturated heterocycles. The normalized spacial score (nSPS) is 14.3. The first-order valence-corrected chi connectivity index (χ1v) is 48.4. The van der Waals surface area contributed by atoms with Crippen molar-refractivity contribution in [2.24, 2.45) is 17.8 Å². The van der Waals surface area contributed by atoms with Gasteiger partial charge in [0.15, 0.2) is 12.2 Å². The summed E-state index contributed by atoms with van der Waals surface area (Å²) in [5, 5.41) is 10.7. The Balaban J connectivity index is 5.25. The van der Waals surface area contributed by atoms with E-state index in [1.165, 1.54) is 276 Å². The van der Waals surface area contributed by atoms with E-state index in [0.29, 0.717) is 25.7 Å². The van der Waals surface area contributed by atoms with E-state index >= 15 is 0 Å². The number of carbonyl (C=O) groups is 4. The van der Waals surface area contributed by atoms with Crippen LogP contribution in [0.3, 0.4) is 0 Å². The van der Waals surface area contributed by atoms with Crippen LogP contribution in [0.5, 0.6) is 0 Å². The van der Waals surface area contributed by atoms with E-state index in [4.69, 9.17) is 37.0 Å². The molecular weight excluding hydrogens is 1390 g/mol. The van der Waals surface area contributed by atoms with Crippen LogP contribution in [-0.2, 0) is 65.4 Å². The van der Waals surface area contributed by atoms with E-state index in [1.807, 2.05) is 0 Å². The zero-order valence-electron chi connectivity index (χ0n) is 70.6. The number of carbonyl (C=O) groups excluding carboxylic acids is 4. The average Bonchev–Trinajstić information content (AvgIpc) is 0.921. The van der Waals surface area contributed by atoms with Gasteiger partial charge in [-0.3, -0.25) is 37.3 Å². The molecule has 0 radical (unpaired) electrons. The molecule has 0 heterocycles. The lowest BCUT2D eigenvalue weighted by Crippen LogP contribution is -2.30. The van der Waals surface area contributed by atoms with Crippen molar-refractivity contribution >= 4 is 39.5 Å². The van der Waals surface area contributed by atoms with E-state index in [9.17, 15) is 43.2 Å². The summed E-state index contributed by atoms with van der Waals surface area (Å²) in [6, 6.07) is 0. The van der Waals surface area contributed by atoms with Gasteiger partial charge in [-0.1, -0.05) is 414 Å². The number of hydrogen-bond acceptors (Lipinski definition) is 15. The van der Waals surface area contributed by atoms with Crippen LogP contribution >= 0.6 is 15.6 Å². The molecule has 0 aromatic carbocycles. The third-order valence-corrected chi connectivity index (χ3v) is 23.3. The molecule has 17 nitrogen and oxygen atoms in total. The quantitative estimate of drug-likeness (QED) is 0.0222. The minimum absolute atomic E-state index is 0.106. The summed E-state index contributed by atoms with van der Waals surface area (Å²) in [5.41, 5.74) is 0. The highest BCUT2D eigenvalue weighted by molar-refractivity contribution is 7.47. The van der Waals surface area contributed by atoms with Crippen LogP contribution in [0, 0.1) is 17.8 Å². The van der Waals surface area contributed by atoms with Gasteiger partial charge in [0.05, 0.1) is 26.4 Å². The van der Waals surface area contributed by atoms with Gasteiger partial charge in [0.2, 0.25) is 0 Å². The molecular formula is C88H172O17P2. The third-order valence-electron chi connectivity index (χ3n) is 21.4. The molecule has 636 valence electrons. The molecule has 7 atom stereocenters. The maximum Gasteiger partial charge on any atom is 0.472 e. The van der Waals surface area contributed by atoms with Crippen molar-refractivity contribution in [2.75, 3.05) is 39.6 Å². The van der Waals surface area contributed by atoms with Gasteiger partial charge in [0.25, 0.3) is 0 Å². The Labute approximate surface area is 658 Å². The molecule has 0 fully saturated rings. The van der Waals surface area contributed by atoms with Gasteiger partial charge < -0.3 is 33.8 Å². The molecule has 0 aromatic rings. The lowest BCUT2D eigenvalue weighted by Gasteiger charge is -2.21. The Morgan fingerprint density at radius 2 is 0.477 bits per heavy atom. The summed E-state index contributed by atoms with van der Waals surface area (Å²) in [7, 11) is -9.93. The smallest absolute Gasteiger partial charge is 0.462 e. The van der Waals surface area contributed by atoms with Gasteiger partial charge in [-0.05, 0) is 43.4 Å². The molecule has 0 aromatic heterocycles. The molecule has 0 aliphatic rings.